The lowest BCUT2D eigenvalue weighted by Gasteiger charge is -2.31. The Kier molecular flexibility index (Phi) is 4.09. The van der Waals surface area contributed by atoms with Gasteiger partial charge in [0.05, 0.1) is 21.0 Å². The summed E-state index contributed by atoms with van der Waals surface area (Å²) in [4.78, 5) is 33.7. The van der Waals surface area contributed by atoms with E-state index in [2.05, 4.69) is 5.32 Å². The highest BCUT2D eigenvalue weighted by Gasteiger charge is 2.52. The largest absolute Gasteiger partial charge is 0.416 e. The summed E-state index contributed by atoms with van der Waals surface area (Å²) < 4.78 is 39.0. The number of rotatable bonds is 3. The van der Waals surface area contributed by atoms with E-state index >= 15 is 0 Å². The van der Waals surface area contributed by atoms with Crippen LogP contribution in [0.3, 0.4) is 0 Å². The number of nitro benzene ring substituents is 1. The van der Waals surface area contributed by atoms with Crippen LogP contribution in [0.4, 0.5) is 24.5 Å². The Labute approximate surface area is 148 Å². The Morgan fingerprint density at radius 1 is 1.07 bits per heavy atom. The molecule has 1 heterocycles. The molecule has 0 amide bonds. The molecule has 8 nitrogen and oxygen atoms in total. The van der Waals surface area contributed by atoms with Crippen molar-refractivity contribution in [3.63, 3.8) is 0 Å². The Morgan fingerprint density at radius 3 is 2.33 bits per heavy atom. The van der Waals surface area contributed by atoms with Crippen LogP contribution >= 0.6 is 0 Å². The molecule has 27 heavy (non-hydrogen) atoms. The molecule has 2 aromatic rings. The SMILES string of the molecule is O=C1CC(c2cccc(C(F)(F)F)c2)([N+](=O)[O-])Nc2c1cccc2[N+](=O)[O-]. The first-order chi connectivity index (χ1) is 12.6. The molecule has 0 spiro atoms. The zero-order valence-corrected chi connectivity index (χ0v) is 13.3. The number of carbonyl (C=O) groups is 1. The molecule has 1 aliphatic rings. The zero-order valence-electron chi connectivity index (χ0n) is 13.3. The molecular formula is C16H10F3N3O5. The van der Waals surface area contributed by atoms with E-state index in [0.717, 1.165) is 24.3 Å². The van der Waals surface area contributed by atoms with Crippen molar-refractivity contribution in [1.82, 2.24) is 0 Å². The van der Waals surface area contributed by atoms with Crippen LogP contribution in [0.5, 0.6) is 0 Å². The van der Waals surface area contributed by atoms with E-state index in [9.17, 15) is 38.2 Å². The van der Waals surface area contributed by atoms with Gasteiger partial charge in [-0.25, -0.2) is 0 Å². The number of Topliss-reactive ketones (excluding diaryl/α,β-unsaturated/α-hetero) is 1. The molecule has 0 saturated heterocycles. The summed E-state index contributed by atoms with van der Waals surface area (Å²) in [6.07, 6.45) is -5.55. The second-order valence-corrected chi connectivity index (χ2v) is 5.88. The Bertz CT molecular complexity index is 962. The summed E-state index contributed by atoms with van der Waals surface area (Å²) in [6, 6.07) is 6.89. The summed E-state index contributed by atoms with van der Waals surface area (Å²) in [5.41, 5.74) is -5.14. The van der Waals surface area contributed by atoms with Crippen molar-refractivity contribution in [1.29, 1.82) is 0 Å². The third kappa shape index (κ3) is 2.96. The third-order valence-corrected chi connectivity index (χ3v) is 4.27. The van der Waals surface area contributed by atoms with Crippen LogP contribution in [0, 0.1) is 20.2 Å². The molecule has 0 bridgehead atoms. The molecule has 0 aromatic heterocycles. The number of fused-ring (bicyclic) bond motifs is 1. The van der Waals surface area contributed by atoms with Crippen molar-refractivity contribution in [2.24, 2.45) is 0 Å². The van der Waals surface area contributed by atoms with Gasteiger partial charge in [0.25, 0.3) is 5.69 Å². The van der Waals surface area contributed by atoms with Crippen molar-refractivity contribution < 1.29 is 27.8 Å². The van der Waals surface area contributed by atoms with Crippen molar-refractivity contribution in [2.45, 2.75) is 18.3 Å². The lowest BCUT2D eigenvalue weighted by molar-refractivity contribution is -0.569. The lowest BCUT2D eigenvalue weighted by atomic mass is 9.86. The van der Waals surface area contributed by atoms with Gasteiger partial charge >= 0.3 is 11.8 Å². The molecular weight excluding hydrogens is 371 g/mol. The number of anilines is 1. The van der Waals surface area contributed by atoms with Crippen LogP contribution in [0.25, 0.3) is 0 Å². The van der Waals surface area contributed by atoms with E-state index in [0.29, 0.717) is 6.07 Å². The van der Waals surface area contributed by atoms with Gasteiger partial charge in [-0.15, -0.1) is 0 Å². The van der Waals surface area contributed by atoms with Crippen LogP contribution in [0.2, 0.25) is 0 Å². The van der Waals surface area contributed by atoms with E-state index in [1.54, 1.807) is 0 Å². The zero-order chi connectivity index (χ0) is 20.0. The van der Waals surface area contributed by atoms with Crippen molar-refractivity contribution in [3.8, 4) is 0 Å². The number of para-hydroxylation sites is 1. The predicted molar refractivity (Wildman–Crippen MR) is 85.8 cm³/mol. The predicted octanol–water partition coefficient (Wildman–Crippen LogP) is 3.74. The smallest absolute Gasteiger partial charge is 0.310 e. The maximum Gasteiger partial charge on any atom is 0.416 e. The summed E-state index contributed by atoms with van der Waals surface area (Å²) in [5.74, 6) is -0.790. The van der Waals surface area contributed by atoms with Gasteiger partial charge in [0, 0.05) is 11.6 Å². The molecule has 1 N–H and O–H groups in total. The maximum absolute atomic E-state index is 13.0. The van der Waals surface area contributed by atoms with Gasteiger partial charge in [-0.2, -0.15) is 13.2 Å². The fourth-order valence-corrected chi connectivity index (χ4v) is 2.98. The average molecular weight is 381 g/mol. The first kappa shape index (κ1) is 18.3. The van der Waals surface area contributed by atoms with Gasteiger partial charge in [0.2, 0.25) is 0 Å². The van der Waals surface area contributed by atoms with Gasteiger partial charge in [-0.3, -0.25) is 25.0 Å². The fraction of sp³-hybridized carbons (Fsp3) is 0.188. The number of ketones is 1. The number of alkyl halides is 3. The number of benzene rings is 2. The van der Waals surface area contributed by atoms with Gasteiger partial charge in [-0.1, -0.05) is 12.1 Å². The fourth-order valence-electron chi connectivity index (χ4n) is 2.98. The molecule has 1 unspecified atom stereocenters. The monoisotopic (exact) mass is 381 g/mol. The van der Waals surface area contributed by atoms with Gasteiger partial charge in [-0.05, 0) is 24.3 Å². The minimum atomic E-state index is -4.75. The van der Waals surface area contributed by atoms with E-state index in [-0.39, 0.29) is 5.56 Å². The maximum atomic E-state index is 13.0. The number of nitrogens with zero attached hydrogens (tertiary/aromatic N) is 2. The van der Waals surface area contributed by atoms with Crippen molar-refractivity contribution in [3.05, 3.63) is 79.4 Å². The number of hydrogen-bond donors (Lipinski definition) is 1. The summed E-state index contributed by atoms with van der Waals surface area (Å²) in [5, 5.41) is 25.4. The summed E-state index contributed by atoms with van der Waals surface area (Å²) >= 11 is 0. The van der Waals surface area contributed by atoms with Crippen molar-refractivity contribution >= 4 is 17.2 Å². The highest BCUT2D eigenvalue weighted by molar-refractivity contribution is 6.05. The number of nitrogens with one attached hydrogen (secondary N) is 1. The Morgan fingerprint density at radius 2 is 1.74 bits per heavy atom. The van der Waals surface area contributed by atoms with Crippen LogP contribution in [0.1, 0.15) is 27.9 Å². The first-order valence-corrected chi connectivity index (χ1v) is 7.47. The molecule has 0 fully saturated rings. The highest BCUT2D eigenvalue weighted by Crippen LogP contribution is 2.43. The number of nitro groups is 2. The standard InChI is InChI=1S/C16H10F3N3O5/c17-16(18,19)10-4-1-3-9(7-10)15(22(26)27)8-13(23)11-5-2-6-12(21(24)25)14(11)20-15/h1-7,20H,8H2. The lowest BCUT2D eigenvalue weighted by Crippen LogP contribution is -2.48. The molecule has 0 radical (unpaired) electrons. The topological polar surface area (TPSA) is 115 Å². The summed E-state index contributed by atoms with van der Waals surface area (Å²) in [6.45, 7) is 0. The van der Waals surface area contributed by atoms with E-state index < -0.39 is 56.4 Å². The van der Waals surface area contributed by atoms with Crippen LogP contribution in [-0.2, 0) is 11.8 Å². The van der Waals surface area contributed by atoms with Gasteiger partial charge in [0.15, 0.2) is 5.78 Å². The van der Waals surface area contributed by atoms with Crippen LogP contribution in [-0.4, -0.2) is 15.6 Å². The van der Waals surface area contributed by atoms with Crippen LogP contribution in [0.15, 0.2) is 42.5 Å². The first-order valence-electron chi connectivity index (χ1n) is 7.47. The molecule has 0 saturated carbocycles. The van der Waals surface area contributed by atoms with Crippen LogP contribution < -0.4 is 5.32 Å². The van der Waals surface area contributed by atoms with E-state index in [1.165, 1.54) is 12.1 Å². The molecule has 1 aliphatic heterocycles. The van der Waals surface area contributed by atoms with Gasteiger partial charge < -0.3 is 5.32 Å². The van der Waals surface area contributed by atoms with Gasteiger partial charge in [0.1, 0.15) is 12.1 Å². The van der Waals surface area contributed by atoms with E-state index in [4.69, 9.17) is 0 Å². The van der Waals surface area contributed by atoms with E-state index in [1.807, 2.05) is 0 Å². The Hall–Kier alpha value is -3.50. The number of halogens is 3. The quantitative estimate of drug-likeness (QED) is 0.640. The molecule has 140 valence electrons. The molecule has 2 aromatic carbocycles. The van der Waals surface area contributed by atoms with Crippen molar-refractivity contribution in [2.75, 3.05) is 5.32 Å². The Balaban J connectivity index is 2.22. The third-order valence-electron chi connectivity index (χ3n) is 4.27. The normalized spacial score (nSPS) is 19.1. The minimum Gasteiger partial charge on any atom is -0.310 e. The average Bonchev–Trinajstić information content (AvgIpc) is 2.60. The molecule has 3 rings (SSSR count). The molecule has 0 aliphatic carbocycles. The minimum absolute atomic E-state index is 0.131. The number of hydrogen-bond acceptors (Lipinski definition) is 6. The molecule has 11 heteroatoms. The summed E-state index contributed by atoms with van der Waals surface area (Å²) in [7, 11) is 0. The second kappa shape index (κ2) is 6.04. The highest BCUT2D eigenvalue weighted by atomic mass is 19.4. The second-order valence-electron chi connectivity index (χ2n) is 5.88. The molecule has 1 atom stereocenters. The number of carbonyl (C=O) groups excluding carboxylic acids is 1.